The molecule has 1 atom stereocenters. The van der Waals surface area contributed by atoms with Crippen LogP contribution in [0.1, 0.15) is 12.5 Å². The molecule has 1 aromatic carbocycles. The van der Waals surface area contributed by atoms with E-state index in [0.717, 1.165) is 0 Å². The minimum Gasteiger partial charge on any atom is -0.325 e. The maximum absolute atomic E-state index is 12.0. The second-order valence-corrected chi connectivity index (χ2v) is 4.73. The van der Waals surface area contributed by atoms with Gasteiger partial charge < -0.3 is 5.32 Å². The van der Waals surface area contributed by atoms with Crippen LogP contribution in [-0.4, -0.2) is 41.8 Å². The number of hydrogen-bond acceptors (Lipinski definition) is 5. The van der Waals surface area contributed by atoms with E-state index in [2.05, 4.69) is 10.6 Å². The summed E-state index contributed by atoms with van der Waals surface area (Å²) in [5.74, 6) is -1.18. The van der Waals surface area contributed by atoms with Crippen molar-refractivity contribution in [2.45, 2.75) is 13.0 Å². The van der Waals surface area contributed by atoms with Gasteiger partial charge in [-0.3, -0.25) is 24.6 Å². The van der Waals surface area contributed by atoms with E-state index < -0.39 is 17.9 Å². The van der Waals surface area contributed by atoms with Crippen molar-refractivity contribution in [1.82, 2.24) is 10.2 Å². The fraction of sp³-hybridized carbons (Fsp3) is 0.286. The Morgan fingerprint density at radius 2 is 2.29 bits per heavy atom. The van der Waals surface area contributed by atoms with Gasteiger partial charge >= 0.3 is 0 Å². The van der Waals surface area contributed by atoms with E-state index in [-0.39, 0.29) is 19.0 Å². The van der Waals surface area contributed by atoms with Crippen LogP contribution >= 0.6 is 0 Å². The number of carbonyl (C=O) groups excluding carboxylic acids is 3. The van der Waals surface area contributed by atoms with E-state index in [1.54, 1.807) is 31.2 Å². The van der Waals surface area contributed by atoms with Gasteiger partial charge in [-0.2, -0.15) is 5.26 Å². The molecule has 1 unspecified atom stereocenters. The van der Waals surface area contributed by atoms with Crippen LogP contribution in [0.4, 0.5) is 5.69 Å². The number of anilines is 1. The standard InChI is InChI=1S/C14H14N4O3/c1-9-14(21)17-13(20)8-18(9)7-12(19)16-11-4-2-3-10(5-11)6-15/h2-5,9H,7-8H2,1H3,(H,16,19)(H,17,20,21). The molecule has 0 aromatic heterocycles. The minimum atomic E-state index is -0.543. The number of amides is 3. The molecule has 21 heavy (non-hydrogen) atoms. The number of imide groups is 1. The van der Waals surface area contributed by atoms with Crippen LogP contribution in [0.3, 0.4) is 0 Å². The van der Waals surface area contributed by atoms with Crippen molar-refractivity contribution in [3.8, 4) is 6.07 Å². The number of carbonyl (C=O) groups is 3. The Balaban J connectivity index is 1.99. The zero-order chi connectivity index (χ0) is 15.4. The summed E-state index contributed by atoms with van der Waals surface area (Å²) in [6.07, 6.45) is 0. The first-order valence-electron chi connectivity index (χ1n) is 6.37. The average Bonchev–Trinajstić information content (AvgIpc) is 2.44. The summed E-state index contributed by atoms with van der Waals surface area (Å²) in [5.41, 5.74) is 0.938. The van der Waals surface area contributed by atoms with Crippen molar-refractivity contribution >= 4 is 23.4 Å². The van der Waals surface area contributed by atoms with Crippen molar-refractivity contribution in [3.05, 3.63) is 29.8 Å². The van der Waals surface area contributed by atoms with Gasteiger partial charge in [0.15, 0.2) is 0 Å². The smallest absolute Gasteiger partial charge is 0.243 e. The molecule has 0 spiro atoms. The molecule has 0 aliphatic carbocycles. The highest BCUT2D eigenvalue weighted by atomic mass is 16.2. The molecule has 1 aliphatic heterocycles. The highest BCUT2D eigenvalue weighted by Gasteiger charge is 2.31. The fourth-order valence-electron chi connectivity index (χ4n) is 2.01. The Bertz CT molecular complexity index is 635. The third-order valence-electron chi connectivity index (χ3n) is 3.16. The zero-order valence-corrected chi connectivity index (χ0v) is 11.4. The quantitative estimate of drug-likeness (QED) is 0.752. The summed E-state index contributed by atoms with van der Waals surface area (Å²) in [6, 6.07) is 7.94. The third-order valence-corrected chi connectivity index (χ3v) is 3.16. The first kappa shape index (κ1) is 14.7. The van der Waals surface area contributed by atoms with E-state index in [0.29, 0.717) is 11.3 Å². The van der Waals surface area contributed by atoms with Crippen LogP contribution < -0.4 is 10.6 Å². The second-order valence-electron chi connectivity index (χ2n) is 4.73. The molecule has 108 valence electrons. The van der Waals surface area contributed by atoms with E-state index >= 15 is 0 Å². The molecular weight excluding hydrogens is 272 g/mol. The second kappa shape index (κ2) is 6.15. The average molecular weight is 286 g/mol. The van der Waals surface area contributed by atoms with Gasteiger partial charge in [-0.1, -0.05) is 6.07 Å². The topological polar surface area (TPSA) is 102 Å². The number of rotatable bonds is 3. The molecule has 0 saturated carbocycles. The fourth-order valence-corrected chi connectivity index (χ4v) is 2.01. The summed E-state index contributed by atoms with van der Waals surface area (Å²) in [5, 5.41) is 13.6. The molecule has 1 saturated heterocycles. The molecule has 0 radical (unpaired) electrons. The molecule has 7 heteroatoms. The van der Waals surface area contributed by atoms with E-state index in [1.807, 2.05) is 6.07 Å². The summed E-state index contributed by atoms with van der Waals surface area (Å²) in [7, 11) is 0. The largest absolute Gasteiger partial charge is 0.325 e. The molecule has 2 rings (SSSR count). The van der Waals surface area contributed by atoms with Gasteiger partial charge in [0.2, 0.25) is 17.7 Å². The van der Waals surface area contributed by atoms with Gasteiger partial charge in [0.25, 0.3) is 0 Å². The summed E-state index contributed by atoms with van der Waals surface area (Å²) >= 11 is 0. The van der Waals surface area contributed by atoms with Crippen molar-refractivity contribution in [2.75, 3.05) is 18.4 Å². The summed E-state index contributed by atoms with van der Waals surface area (Å²) < 4.78 is 0. The van der Waals surface area contributed by atoms with Gasteiger partial charge in [-0.15, -0.1) is 0 Å². The predicted octanol–water partition coefficient (Wildman–Crippen LogP) is -0.156. The predicted molar refractivity (Wildman–Crippen MR) is 74.0 cm³/mol. The number of piperazine rings is 1. The van der Waals surface area contributed by atoms with Gasteiger partial charge in [0, 0.05) is 5.69 Å². The molecule has 1 heterocycles. The summed E-state index contributed by atoms with van der Waals surface area (Å²) in [6.45, 7) is 1.56. The van der Waals surface area contributed by atoms with Gasteiger partial charge in [0.05, 0.1) is 30.8 Å². The van der Waals surface area contributed by atoms with Crippen molar-refractivity contribution < 1.29 is 14.4 Å². The lowest BCUT2D eigenvalue weighted by Crippen LogP contribution is -2.58. The Hall–Kier alpha value is -2.72. The molecule has 7 nitrogen and oxygen atoms in total. The van der Waals surface area contributed by atoms with Gasteiger partial charge in [0.1, 0.15) is 0 Å². The zero-order valence-electron chi connectivity index (χ0n) is 11.4. The number of hydrogen-bond donors (Lipinski definition) is 2. The van der Waals surface area contributed by atoms with Crippen molar-refractivity contribution in [3.63, 3.8) is 0 Å². The SMILES string of the molecule is CC1C(=O)NC(=O)CN1CC(=O)Nc1cccc(C#N)c1. The molecular formula is C14H14N4O3. The van der Waals surface area contributed by atoms with Crippen LogP contribution in [0.25, 0.3) is 0 Å². The Kier molecular flexibility index (Phi) is 4.30. The summed E-state index contributed by atoms with van der Waals surface area (Å²) in [4.78, 5) is 36.3. The maximum atomic E-state index is 12.0. The van der Waals surface area contributed by atoms with Crippen molar-refractivity contribution in [2.24, 2.45) is 0 Å². The Labute approximate surface area is 121 Å². The van der Waals surface area contributed by atoms with E-state index in [9.17, 15) is 14.4 Å². The van der Waals surface area contributed by atoms with E-state index in [1.165, 1.54) is 4.90 Å². The lowest BCUT2D eigenvalue weighted by molar-refractivity contribution is -0.140. The van der Waals surface area contributed by atoms with Crippen LogP contribution in [0.2, 0.25) is 0 Å². The van der Waals surface area contributed by atoms with Crippen LogP contribution in [-0.2, 0) is 14.4 Å². The lowest BCUT2D eigenvalue weighted by Gasteiger charge is -2.30. The molecule has 3 amide bonds. The van der Waals surface area contributed by atoms with Gasteiger partial charge in [-0.25, -0.2) is 0 Å². The number of nitrogens with one attached hydrogen (secondary N) is 2. The third kappa shape index (κ3) is 3.64. The maximum Gasteiger partial charge on any atom is 0.243 e. The van der Waals surface area contributed by atoms with E-state index in [4.69, 9.17) is 5.26 Å². The normalized spacial score (nSPS) is 18.8. The van der Waals surface area contributed by atoms with Crippen molar-refractivity contribution in [1.29, 1.82) is 5.26 Å². The number of nitriles is 1. The Morgan fingerprint density at radius 3 is 3.00 bits per heavy atom. The molecule has 1 aliphatic rings. The van der Waals surface area contributed by atoms with Crippen LogP contribution in [0.15, 0.2) is 24.3 Å². The number of nitrogens with zero attached hydrogens (tertiary/aromatic N) is 2. The Morgan fingerprint density at radius 1 is 1.52 bits per heavy atom. The number of benzene rings is 1. The monoisotopic (exact) mass is 286 g/mol. The highest BCUT2D eigenvalue weighted by Crippen LogP contribution is 2.10. The minimum absolute atomic E-state index is 0.00143. The first-order chi connectivity index (χ1) is 9.99. The first-order valence-corrected chi connectivity index (χ1v) is 6.37. The van der Waals surface area contributed by atoms with Gasteiger partial charge in [-0.05, 0) is 25.1 Å². The lowest BCUT2D eigenvalue weighted by atomic mass is 10.2. The molecule has 1 aromatic rings. The van der Waals surface area contributed by atoms with Crippen LogP contribution in [0.5, 0.6) is 0 Å². The molecule has 2 N–H and O–H groups in total. The highest BCUT2D eigenvalue weighted by molar-refractivity contribution is 6.02. The van der Waals surface area contributed by atoms with Crippen LogP contribution in [0, 0.1) is 11.3 Å². The molecule has 1 fully saturated rings. The molecule has 0 bridgehead atoms.